The van der Waals surface area contributed by atoms with Crippen molar-refractivity contribution in [3.05, 3.63) is 0 Å². The SMILES string of the molecule is NC(=O)CCC(NC(=O)C(N)CS)C(=O)NC(CCCN=C(N)N)C(=O)N1CCCC1C(=O)O. The van der Waals surface area contributed by atoms with Crippen LogP contribution < -0.4 is 33.6 Å². The monoisotopic (exact) mass is 502 g/mol. The van der Waals surface area contributed by atoms with Crippen LogP contribution in [0.25, 0.3) is 0 Å². The summed E-state index contributed by atoms with van der Waals surface area (Å²) >= 11 is 3.95. The molecule has 0 spiro atoms. The van der Waals surface area contributed by atoms with Gasteiger partial charge in [0.05, 0.1) is 6.04 Å². The Labute approximate surface area is 202 Å². The first-order valence-corrected chi connectivity index (χ1v) is 11.4. The summed E-state index contributed by atoms with van der Waals surface area (Å²) in [6.07, 6.45) is 0.901. The van der Waals surface area contributed by atoms with Crippen LogP contribution in [0.15, 0.2) is 4.99 Å². The van der Waals surface area contributed by atoms with Gasteiger partial charge in [-0.05, 0) is 32.1 Å². The number of carbonyl (C=O) groups is 5. The Morgan fingerprint density at radius 1 is 1.06 bits per heavy atom. The van der Waals surface area contributed by atoms with Gasteiger partial charge in [0, 0.05) is 25.3 Å². The molecule has 0 aromatic rings. The lowest BCUT2D eigenvalue weighted by molar-refractivity contribution is -0.149. The predicted molar refractivity (Wildman–Crippen MR) is 126 cm³/mol. The number of carbonyl (C=O) groups excluding carboxylic acids is 4. The molecule has 0 radical (unpaired) electrons. The van der Waals surface area contributed by atoms with Gasteiger partial charge in [0.15, 0.2) is 5.96 Å². The van der Waals surface area contributed by atoms with E-state index < -0.39 is 53.8 Å². The maximum absolute atomic E-state index is 13.2. The molecule has 0 aromatic carbocycles. The lowest BCUT2D eigenvalue weighted by Crippen LogP contribution is -2.57. The van der Waals surface area contributed by atoms with E-state index in [1.54, 1.807) is 0 Å². The number of nitrogens with one attached hydrogen (secondary N) is 2. The summed E-state index contributed by atoms with van der Waals surface area (Å²) in [6.45, 7) is 0.414. The molecule has 14 nitrogen and oxygen atoms in total. The molecule has 4 amide bonds. The highest BCUT2D eigenvalue weighted by molar-refractivity contribution is 7.80. The number of nitrogens with two attached hydrogens (primary N) is 4. The normalized spacial score (nSPS) is 17.8. The van der Waals surface area contributed by atoms with Crippen molar-refractivity contribution in [1.82, 2.24) is 15.5 Å². The Morgan fingerprint density at radius 3 is 2.26 bits per heavy atom. The van der Waals surface area contributed by atoms with Gasteiger partial charge in [-0.3, -0.25) is 24.2 Å². The minimum atomic E-state index is -1.20. The van der Waals surface area contributed by atoms with E-state index in [1.807, 2.05) is 0 Å². The third-order valence-corrected chi connectivity index (χ3v) is 5.62. The number of guanidine groups is 1. The van der Waals surface area contributed by atoms with Gasteiger partial charge < -0.3 is 43.6 Å². The fourth-order valence-corrected chi connectivity index (χ4v) is 3.60. The minimum absolute atomic E-state index is 0.0213. The molecule has 0 aliphatic carbocycles. The second-order valence-electron chi connectivity index (χ2n) is 7.89. The fourth-order valence-electron chi connectivity index (χ4n) is 3.44. The van der Waals surface area contributed by atoms with Crippen LogP contribution in [0.3, 0.4) is 0 Å². The predicted octanol–water partition coefficient (Wildman–Crippen LogP) is -3.39. The maximum atomic E-state index is 13.2. The van der Waals surface area contributed by atoms with Crippen molar-refractivity contribution < 1.29 is 29.1 Å². The van der Waals surface area contributed by atoms with Crippen LogP contribution in [-0.4, -0.2) is 88.6 Å². The quantitative estimate of drug-likeness (QED) is 0.0509. The van der Waals surface area contributed by atoms with Gasteiger partial charge in [-0.2, -0.15) is 12.6 Å². The Balaban J connectivity index is 3.04. The van der Waals surface area contributed by atoms with Gasteiger partial charge in [-0.1, -0.05) is 0 Å². The first kappa shape index (κ1) is 29.0. The van der Waals surface area contributed by atoms with Crippen LogP contribution in [0.4, 0.5) is 0 Å². The number of hydrogen-bond donors (Lipinski definition) is 8. The first-order valence-electron chi connectivity index (χ1n) is 10.8. The zero-order valence-corrected chi connectivity index (χ0v) is 19.7. The Bertz CT molecular complexity index is 791. The summed E-state index contributed by atoms with van der Waals surface area (Å²) in [6, 6.07) is -4.30. The van der Waals surface area contributed by atoms with Crippen molar-refractivity contribution in [2.75, 3.05) is 18.8 Å². The van der Waals surface area contributed by atoms with Crippen molar-refractivity contribution in [1.29, 1.82) is 0 Å². The van der Waals surface area contributed by atoms with E-state index in [4.69, 9.17) is 22.9 Å². The van der Waals surface area contributed by atoms with E-state index in [1.165, 1.54) is 4.90 Å². The summed E-state index contributed by atoms with van der Waals surface area (Å²) in [7, 11) is 0. The van der Waals surface area contributed by atoms with Gasteiger partial charge in [0.25, 0.3) is 0 Å². The topological polar surface area (TPSA) is 249 Å². The smallest absolute Gasteiger partial charge is 0.326 e. The van der Waals surface area contributed by atoms with E-state index >= 15 is 0 Å². The molecule has 1 fully saturated rings. The Kier molecular flexibility index (Phi) is 12.1. The Morgan fingerprint density at radius 2 is 1.71 bits per heavy atom. The number of primary amides is 1. The molecule has 4 unspecified atom stereocenters. The van der Waals surface area contributed by atoms with Gasteiger partial charge in [0.2, 0.25) is 23.6 Å². The van der Waals surface area contributed by atoms with Gasteiger partial charge in [-0.15, -0.1) is 0 Å². The standard InChI is InChI=1S/C19H34N8O6S/c20-10(9-34)15(29)25-11(5-6-14(21)28)16(30)26-12(3-1-7-24-19(22)23)17(31)27-8-2-4-13(27)18(32)33/h10-13,34H,1-9,20H2,(H2,21,28)(H,25,29)(H,26,30)(H,32,33)(H4,22,23,24). The third-order valence-electron chi connectivity index (χ3n) is 5.23. The number of thiol groups is 1. The van der Waals surface area contributed by atoms with E-state index in [-0.39, 0.29) is 44.1 Å². The summed E-state index contributed by atoms with van der Waals surface area (Å²) < 4.78 is 0. The Hall–Kier alpha value is -3.07. The van der Waals surface area contributed by atoms with E-state index in [0.717, 1.165) is 0 Å². The molecular formula is C19H34N8O6S. The third kappa shape index (κ3) is 9.43. The van der Waals surface area contributed by atoms with Crippen molar-refractivity contribution in [3.63, 3.8) is 0 Å². The van der Waals surface area contributed by atoms with Gasteiger partial charge in [-0.25, -0.2) is 4.79 Å². The number of hydrogen-bond acceptors (Lipinski definition) is 8. The number of nitrogens with zero attached hydrogens (tertiary/aromatic N) is 2. The molecule has 34 heavy (non-hydrogen) atoms. The molecule has 0 saturated carbocycles. The van der Waals surface area contributed by atoms with Crippen LogP contribution in [0.2, 0.25) is 0 Å². The van der Waals surface area contributed by atoms with Gasteiger partial charge >= 0.3 is 5.97 Å². The molecular weight excluding hydrogens is 468 g/mol. The number of aliphatic imine (C=N–C) groups is 1. The molecule has 4 atom stereocenters. The largest absolute Gasteiger partial charge is 0.480 e. The molecule has 192 valence electrons. The minimum Gasteiger partial charge on any atom is -0.480 e. The van der Waals surface area contributed by atoms with Crippen LogP contribution in [0, 0.1) is 0 Å². The fraction of sp³-hybridized carbons (Fsp3) is 0.684. The van der Waals surface area contributed by atoms with E-state index in [0.29, 0.717) is 19.3 Å². The van der Waals surface area contributed by atoms with Crippen molar-refractivity contribution in [2.24, 2.45) is 27.9 Å². The summed E-state index contributed by atoms with van der Waals surface area (Å²) in [5, 5.41) is 14.4. The second kappa shape index (κ2) is 14.2. The molecule has 15 heteroatoms. The molecule has 1 aliphatic heterocycles. The number of carboxylic acids is 1. The van der Waals surface area contributed by atoms with Crippen LogP contribution in [-0.2, 0) is 24.0 Å². The molecule has 1 aliphatic rings. The number of rotatable bonds is 14. The summed E-state index contributed by atoms with van der Waals surface area (Å²) in [5.74, 6) is -3.91. The van der Waals surface area contributed by atoms with Crippen molar-refractivity contribution in [3.8, 4) is 0 Å². The second-order valence-corrected chi connectivity index (χ2v) is 8.26. The van der Waals surface area contributed by atoms with Crippen LogP contribution in [0.5, 0.6) is 0 Å². The molecule has 1 rings (SSSR count). The van der Waals surface area contributed by atoms with Gasteiger partial charge in [0.1, 0.15) is 18.1 Å². The summed E-state index contributed by atoms with van der Waals surface area (Å²) in [4.78, 5) is 66.2. The number of aliphatic carboxylic acids is 1. The lowest BCUT2D eigenvalue weighted by Gasteiger charge is -2.29. The number of amides is 4. The average molecular weight is 503 g/mol. The molecule has 1 saturated heterocycles. The highest BCUT2D eigenvalue weighted by Gasteiger charge is 2.38. The van der Waals surface area contributed by atoms with Crippen molar-refractivity contribution in [2.45, 2.75) is 62.7 Å². The lowest BCUT2D eigenvalue weighted by atomic mass is 10.1. The average Bonchev–Trinajstić information content (AvgIpc) is 3.27. The highest BCUT2D eigenvalue weighted by atomic mass is 32.1. The maximum Gasteiger partial charge on any atom is 0.326 e. The van der Waals surface area contributed by atoms with Crippen LogP contribution in [0.1, 0.15) is 38.5 Å². The molecule has 1 heterocycles. The van der Waals surface area contributed by atoms with E-state index in [2.05, 4.69) is 28.3 Å². The van der Waals surface area contributed by atoms with Crippen molar-refractivity contribution >= 4 is 48.2 Å². The molecule has 11 N–H and O–H groups in total. The zero-order chi connectivity index (χ0) is 25.8. The first-order chi connectivity index (χ1) is 16.0. The number of likely N-dealkylation sites (tertiary alicyclic amines) is 1. The summed E-state index contributed by atoms with van der Waals surface area (Å²) in [5.41, 5.74) is 21.4. The molecule has 0 bridgehead atoms. The zero-order valence-electron chi connectivity index (χ0n) is 18.8. The number of carboxylic acid groups (broad SMARTS) is 1. The van der Waals surface area contributed by atoms with E-state index in [9.17, 15) is 29.1 Å². The molecule has 0 aromatic heterocycles. The highest BCUT2D eigenvalue weighted by Crippen LogP contribution is 2.20. The van der Waals surface area contributed by atoms with Crippen LogP contribution >= 0.6 is 12.6 Å².